The number of nitrogens with zero attached hydrogens (tertiary/aromatic N) is 2. The molecule has 3 rings (SSSR count). The van der Waals surface area contributed by atoms with Crippen LogP contribution < -0.4 is 5.32 Å². The first kappa shape index (κ1) is 12.9. The van der Waals surface area contributed by atoms with Crippen LogP contribution in [0.1, 0.15) is 34.2 Å². The molecule has 2 heterocycles. The van der Waals surface area contributed by atoms with Crippen molar-refractivity contribution in [2.24, 2.45) is 0 Å². The number of hydrogen-bond acceptors (Lipinski definition) is 3. The fourth-order valence-electron chi connectivity index (χ4n) is 2.75. The first-order chi connectivity index (χ1) is 9.67. The number of aryl methyl sites for hydroxylation is 2. The van der Waals surface area contributed by atoms with Gasteiger partial charge in [-0.3, -0.25) is 9.48 Å². The van der Waals surface area contributed by atoms with Crippen molar-refractivity contribution < 1.29 is 4.79 Å². The summed E-state index contributed by atoms with van der Waals surface area (Å²) in [5.74, 6) is 0.149. The van der Waals surface area contributed by atoms with Crippen LogP contribution in [0.5, 0.6) is 0 Å². The Hall–Kier alpha value is -2.10. The molecule has 0 fully saturated rings. The third kappa shape index (κ3) is 2.33. The molecular weight excluding hydrogens is 250 g/mol. The molecule has 0 saturated carbocycles. The van der Waals surface area contributed by atoms with Gasteiger partial charge in [0.15, 0.2) is 5.78 Å². The van der Waals surface area contributed by atoms with E-state index in [9.17, 15) is 4.79 Å². The molecule has 1 aromatic heterocycles. The highest BCUT2D eigenvalue weighted by Crippen LogP contribution is 2.24. The van der Waals surface area contributed by atoms with Crippen molar-refractivity contribution in [3.8, 4) is 0 Å². The number of aromatic nitrogens is 2. The van der Waals surface area contributed by atoms with Gasteiger partial charge < -0.3 is 5.32 Å². The maximum atomic E-state index is 12.4. The Bertz CT molecular complexity index is 658. The highest BCUT2D eigenvalue weighted by molar-refractivity contribution is 5.98. The van der Waals surface area contributed by atoms with E-state index in [1.807, 2.05) is 36.7 Å². The van der Waals surface area contributed by atoms with Gasteiger partial charge >= 0.3 is 0 Å². The molecule has 0 aliphatic carbocycles. The van der Waals surface area contributed by atoms with Gasteiger partial charge in [-0.15, -0.1) is 0 Å². The van der Waals surface area contributed by atoms with E-state index in [1.165, 1.54) is 5.56 Å². The minimum absolute atomic E-state index is 0.149. The second-order valence-corrected chi connectivity index (χ2v) is 5.24. The second-order valence-electron chi connectivity index (χ2n) is 5.24. The normalized spacial score (nSPS) is 13.1. The lowest BCUT2D eigenvalue weighted by Crippen LogP contribution is -2.10. The summed E-state index contributed by atoms with van der Waals surface area (Å²) < 4.78 is 1.90. The van der Waals surface area contributed by atoms with E-state index < -0.39 is 0 Å². The lowest BCUT2D eigenvalue weighted by atomic mass is 10.0. The minimum Gasteiger partial charge on any atom is -0.384 e. The average Bonchev–Trinajstić information content (AvgIpc) is 3.03. The summed E-state index contributed by atoms with van der Waals surface area (Å²) in [7, 11) is 0. The van der Waals surface area contributed by atoms with Crippen LogP contribution in [0, 0.1) is 6.92 Å². The van der Waals surface area contributed by atoms with Gasteiger partial charge in [0.25, 0.3) is 0 Å². The summed E-state index contributed by atoms with van der Waals surface area (Å²) in [6, 6.07) is 7.97. The molecule has 2 aromatic rings. The van der Waals surface area contributed by atoms with Gasteiger partial charge in [0, 0.05) is 30.0 Å². The fourth-order valence-corrected chi connectivity index (χ4v) is 2.75. The van der Waals surface area contributed by atoms with Crippen molar-refractivity contribution in [3.05, 3.63) is 46.8 Å². The lowest BCUT2D eigenvalue weighted by molar-refractivity contribution is 0.0990. The van der Waals surface area contributed by atoms with E-state index in [-0.39, 0.29) is 5.78 Å². The van der Waals surface area contributed by atoms with Crippen molar-refractivity contribution in [1.82, 2.24) is 9.78 Å². The third-order valence-electron chi connectivity index (χ3n) is 3.77. The zero-order valence-electron chi connectivity index (χ0n) is 11.9. The Labute approximate surface area is 118 Å². The summed E-state index contributed by atoms with van der Waals surface area (Å²) in [6.07, 6.45) is 1.46. The number of carbonyl (C=O) groups is 1. The quantitative estimate of drug-likeness (QED) is 0.868. The number of carbonyl (C=O) groups excluding carboxylic acids is 1. The van der Waals surface area contributed by atoms with Crippen LogP contribution in [0.25, 0.3) is 0 Å². The Morgan fingerprint density at radius 3 is 3.05 bits per heavy atom. The molecule has 104 valence electrons. The highest BCUT2D eigenvalue weighted by Gasteiger charge is 2.15. The Balaban J connectivity index is 1.82. The Morgan fingerprint density at radius 1 is 1.40 bits per heavy atom. The van der Waals surface area contributed by atoms with Gasteiger partial charge in [-0.2, -0.15) is 5.10 Å². The predicted molar refractivity (Wildman–Crippen MR) is 79.3 cm³/mol. The molecule has 4 heteroatoms. The van der Waals surface area contributed by atoms with Crippen molar-refractivity contribution in [3.63, 3.8) is 0 Å². The lowest BCUT2D eigenvalue weighted by Gasteiger charge is -2.06. The predicted octanol–water partition coefficient (Wildman–Crippen LogP) is 2.60. The van der Waals surface area contributed by atoms with E-state index in [4.69, 9.17) is 0 Å². The van der Waals surface area contributed by atoms with Crippen LogP contribution in [0.4, 0.5) is 5.69 Å². The molecule has 1 N–H and O–H groups in total. The Morgan fingerprint density at radius 2 is 2.25 bits per heavy atom. The largest absolute Gasteiger partial charge is 0.384 e. The molecule has 0 radical (unpaired) electrons. The number of benzene rings is 1. The second kappa shape index (κ2) is 5.12. The van der Waals surface area contributed by atoms with Gasteiger partial charge in [0.2, 0.25) is 0 Å². The van der Waals surface area contributed by atoms with Crippen molar-refractivity contribution in [1.29, 1.82) is 0 Å². The van der Waals surface area contributed by atoms with Gasteiger partial charge in [0.1, 0.15) is 0 Å². The van der Waals surface area contributed by atoms with Crippen molar-refractivity contribution >= 4 is 11.5 Å². The smallest absolute Gasteiger partial charge is 0.168 e. The molecule has 0 spiro atoms. The van der Waals surface area contributed by atoms with Gasteiger partial charge in [-0.05, 0) is 38.0 Å². The molecule has 0 amide bonds. The molecule has 0 bridgehead atoms. The van der Waals surface area contributed by atoms with E-state index >= 15 is 0 Å². The maximum absolute atomic E-state index is 12.4. The number of anilines is 1. The van der Waals surface area contributed by atoms with Gasteiger partial charge in [0.05, 0.1) is 12.1 Å². The summed E-state index contributed by atoms with van der Waals surface area (Å²) in [5, 5.41) is 7.70. The molecule has 1 aliphatic heterocycles. The number of ketones is 1. The molecule has 1 aromatic carbocycles. The van der Waals surface area contributed by atoms with Crippen molar-refractivity contribution in [2.75, 3.05) is 11.9 Å². The van der Waals surface area contributed by atoms with E-state index in [0.717, 1.165) is 42.1 Å². The van der Waals surface area contributed by atoms with Crippen LogP contribution in [-0.2, 0) is 19.4 Å². The minimum atomic E-state index is 0.149. The molecule has 20 heavy (non-hydrogen) atoms. The topological polar surface area (TPSA) is 46.9 Å². The molecule has 0 atom stereocenters. The Kier molecular flexibility index (Phi) is 3.30. The standard InChI is InChI=1S/C16H19N3O/c1-3-19-14(8-11(2)18-19)10-16(20)13-5-4-12-6-7-17-15(12)9-13/h4-5,8-9,17H,3,6-7,10H2,1-2H3. The van der Waals surface area contributed by atoms with E-state index in [1.54, 1.807) is 0 Å². The zero-order valence-corrected chi connectivity index (χ0v) is 11.9. The fraction of sp³-hybridized carbons (Fsp3) is 0.375. The molecule has 1 aliphatic rings. The number of hydrogen-bond donors (Lipinski definition) is 1. The third-order valence-corrected chi connectivity index (χ3v) is 3.77. The van der Waals surface area contributed by atoms with Crippen LogP contribution in [0.15, 0.2) is 24.3 Å². The number of rotatable bonds is 4. The molecular formula is C16H19N3O. The van der Waals surface area contributed by atoms with Crippen molar-refractivity contribution in [2.45, 2.75) is 33.2 Å². The first-order valence-corrected chi connectivity index (χ1v) is 7.10. The van der Waals surface area contributed by atoms with Crippen LogP contribution in [0.3, 0.4) is 0 Å². The summed E-state index contributed by atoms with van der Waals surface area (Å²) in [5.41, 5.74) is 5.14. The van der Waals surface area contributed by atoms with Crippen LogP contribution in [-0.4, -0.2) is 22.1 Å². The summed E-state index contributed by atoms with van der Waals surface area (Å²) in [4.78, 5) is 12.4. The summed E-state index contributed by atoms with van der Waals surface area (Å²) in [6.45, 7) is 5.76. The van der Waals surface area contributed by atoms with Crippen LogP contribution in [0.2, 0.25) is 0 Å². The monoisotopic (exact) mass is 269 g/mol. The summed E-state index contributed by atoms with van der Waals surface area (Å²) >= 11 is 0. The maximum Gasteiger partial charge on any atom is 0.168 e. The van der Waals surface area contributed by atoms with Crippen LogP contribution >= 0.6 is 0 Å². The number of Topliss-reactive ketones (excluding diaryl/α,β-unsaturated/α-hetero) is 1. The highest BCUT2D eigenvalue weighted by atomic mass is 16.1. The van der Waals surface area contributed by atoms with Gasteiger partial charge in [-0.1, -0.05) is 12.1 Å². The van der Waals surface area contributed by atoms with Gasteiger partial charge in [-0.25, -0.2) is 0 Å². The molecule has 4 nitrogen and oxygen atoms in total. The number of nitrogens with one attached hydrogen (secondary N) is 1. The van der Waals surface area contributed by atoms with E-state index in [2.05, 4.69) is 16.5 Å². The molecule has 0 saturated heterocycles. The first-order valence-electron chi connectivity index (χ1n) is 7.10. The van der Waals surface area contributed by atoms with E-state index in [0.29, 0.717) is 6.42 Å². The average molecular weight is 269 g/mol. The number of fused-ring (bicyclic) bond motifs is 1. The SMILES string of the molecule is CCn1nc(C)cc1CC(=O)c1ccc2c(c1)NCC2. The zero-order chi connectivity index (χ0) is 14.1. The molecule has 0 unspecified atom stereocenters.